The molecule has 0 aliphatic heterocycles. The number of Topliss-reactive ketones (excluding diaryl/α,β-unsaturated/α-hetero) is 1. The highest BCUT2D eigenvalue weighted by atomic mass is 32.2. The van der Waals surface area contributed by atoms with Crippen LogP contribution in [-0.2, 0) is 14.3 Å². The Morgan fingerprint density at radius 2 is 1.76 bits per heavy atom. The van der Waals surface area contributed by atoms with E-state index in [1.54, 1.807) is 20.8 Å². The molecule has 21 heavy (non-hydrogen) atoms. The Morgan fingerprint density at radius 3 is 2.24 bits per heavy atom. The highest BCUT2D eigenvalue weighted by molar-refractivity contribution is 8.00. The molecular formula is C17H24O3S. The molecule has 0 N–H and O–H groups in total. The van der Waals surface area contributed by atoms with Crippen LogP contribution < -0.4 is 0 Å². The first kappa shape index (κ1) is 17.8. The highest BCUT2D eigenvalue weighted by Gasteiger charge is 2.36. The maximum Gasteiger partial charge on any atom is 0.319 e. The third-order valence-electron chi connectivity index (χ3n) is 3.40. The number of hydrogen-bond donors (Lipinski definition) is 0. The van der Waals surface area contributed by atoms with Gasteiger partial charge in [0.2, 0.25) is 0 Å². The third-order valence-corrected chi connectivity index (χ3v) is 4.41. The molecule has 0 aliphatic carbocycles. The minimum atomic E-state index is -1.08. The fraction of sp³-hybridized carbons (Fsp3) is 0.529. The fourth-order valence-corrected chi connectivity index (χ4v) is 2.69. The number of esters is 1. The average molecular weight is 308 g/mol. The molecule has 0 radical (unpaired) electrons. The van der Waals surface area contributed by atoms with Crippen LogP contribution in [-0.4, -0.2) is 24.1 Å². The summed E-state index contributed by atoms with van der Waals surface area (Å²) < 4.78 is 4.95. The minimum absolute atomic E-state index is 0.112. The van der Waals surface area contributed by atoms with Gasteiger partial charge in [0.25, 0.3) is 0 Å². The van der Waals surface area contributed by atoms with Gasteiger partial charge in [0.15, 0.2) is 5.78 Å². The Morgan fingerprint density at radius 1 is 1.19 bits per heavy atom. The van der Waals surface area contributed by atoms with E-state index >= 15 is 0 Å². The molecule has 116 valence electrons. The number of thioether (sulfide) groups is 1. The van der Waals surface area contributed by atoms with E-state index in [1.165, 1.54) is 17.3 Å². The van der Waals surface area contributed by atoms with Gasteiger partial charge in [-0.3, -0.25) is 9.59 Å². The first-order valence-electron chi connectivity index (χ1n) is 7.22. The summed E-state index contributed by atoms with van der Waals surface area (Å²) in [6.45, 7) is 9.56. The second kappa shape index (κ2) is 7.64. The van der Waals surface area contributed by atoms with Gasteiger partial charge >= 0.3 is 5.97 Å². The zero-order chi connectivity index (χ0) is 16.0. The summed E-state index contributed by atoms with van der Waals surface area (Å²) >= 11 is 1.45. The van der Waals surface area contributed by atoms with Crippen molar-refractivity contribution in [3.63, 3.8) is 0 Å². The first-order valence-corrected chi connectivity index (χ1v) is 8.20. The number of carbonyl (C=O) groups excluding carboxylic acids is 2. The smallest absolute Gasteiger partial charge is 0.319 e. The monoisotopic (exact) mass is 308 g/mol. The molecule has 4 heteroatoms. The van der Waals surface area contributed by atoms with Gasteiger partial charge in [0.1, 0.15) is 5.41 Å². The zero-order valence-corrected chi connectivity index (χ0v) is 14.3. The lowest BCUT2D eigenvalue weighted by atomic mass is 9.89. The van der Waals surface area contributed by atoms with E-state index < -0.39 is 11.4 Å². The molecule has 0 aliphatic rings. The number of hydrogen-bond acceptors (Lipinski definition) is 4. The fourth-order valence-electron chi connectivity index (χ4n) is 1.70. The van der Waals surface area contributed by atoms with Crippen molar-refractivity contribution in [2.45, 2.75) is 45.4 Å². The quantitative estimate of drug-likeness (QED) is 0.433. The molecule has 0 unspecified atom stereocenters. The van der Waals surface area contributed by atoms with Crippen molar-refractivity contribution >= 4 is 23.5 Å². The van der Waals surface area contributed by atoms with E-state index in [2.05, 4.69) is 26.0 Å². The van der Waals surface area contributed by atoms with Crippen molar-refractivity contribution in [2.24, 2.45) is 5.41 Å². The Balaban J connectivity index is 2.62. The van der Waals surface area contributed by atoms with E-state index in [0.717, 1.165) is 4.90 Å². The number of rotatable bonds is 7. The van der Waals surface area contributed by atoms with Crippen LogP contribution in [0, 0.1) is 5.41 Å². The lowest BCUT2D eigenvalue weighted by Crippen LogP contribution is -2.36. The van der Waals surface area contributed by atoms with Crippen LogP contribution in [0.15, 0.2) is 29.2 Å². The Labute approximate surface area is 131 Å². The number of benzene rings is 1. The average Bonchev–Trinajstić information content (AvgIpc) is 2.45. The minimum Gasteiger partial charge on any atom is -0.465 e. The molecule has 3 nitrogen and oxygen atoms in total. The van der Waals surface area contributed by atoms with Crippen LogP contribution in [0.2, 0.25) is 0 Å². The van der Waals surface area contributed by atoms with Gasteiger partial charge in [-0.15, -0.1) is 11.8 Å². The third kappa shape index (κ3) is 4.88. The predicted octanol–water partition coefficient (Wildman–Crippen LogP) is 4.06. The van der Waals surface area contributed by atoms with Gasteiger partial charge in [-0.2, -0.15) is 0 Å². The number of ketones is 1. The van der Waals surface area contributed by atoms with Crippen LogP contribution in [0.1, 0.15) is 46.1 Å². The highest BCUT2D eigenvalue weighted by Crippen LogP contribution is 2.26. The van der Waals surface area contributed by atoms with Crippen molar-refractivity contribution in [1.29, 1.82) is 0 Å². The topological polar surface area (TPSA) is 43.4 Å². The SMILES string of the molecule is CCOC(=O)C(C)(C)C(=O)CSc1ccc(C(C)C)cc1. The lowest BCUT2D eigenvalue weighted by molar-refractivity contribution is -0.157. The second-order valence-electron chi connectivity index (χ2n) is 5.78. The maximum atomic E-state index is 12.2. The van der Waals surface area contributed by atoms with Gasteiger partial charge < -0.3 is 4.74 Å². The molecule has 0 heterocycles. The van der Waals surface area contributed by atoms with E-state index in [1.807, 2.05) is 12.1 Å². The molecular weight excluding hydrogens is 284 g/mol. The molecule has 0 aromatic heterocycles. The Hall–Kier alpha value is -1.29. The van der Waals surface area contributed by atoms with Gasteiger partial charge in [0, 0.05) is 4.90 Å². The summed E-state index contributed by atoms with van der Waals surface area (Å²) in [7, 11) is 0. The van der Waals surface area contributed by atoms with Crippen molar-refractivity contribution in [2.75, 3.05) is 12.4 Å². The molecule has 0 saturated heterocycles. The van der Waals surface area contributed by atoms with Crippen LogP contribution in [0.5, 0.6) is 0 Å². The molecule has 1 aromatic carbocycles. The normalized spacial score (nSPS) is 11.5. The molecule has 0 spiro atoms. The molecule has 0 saturated carbocycles. The van der Waals surface area contributed by atoms with E-state index in [0.29, 0.717) is 12.5 Å². The predicted molar refractivity (Wildman–Crippen MR) is 86.7 cm³/mol. The Bertz CT molecular complexity index is 489. The Kier molecular flexibility index (Phi) is 6.46. The molecule has 1 aromatic rings. The van der Waals surface area contributed by atoms with Crippen molar-refractivity contribution < 1.29 is 14.3 Å². The van der Waals surface area contributed by atoms with Gasteiger partial charge in [0.05, 0.1) is 12.4 Å². The van der Waals surface area contributed by atoms with Gasteiger partial charge in [-0.25, -0.2) is 0 Å². The molecule has 0 bridgehead atoms. The van der Waals surface area contributed by atoms with Crippen molar-refractivity contribution in [1.82, 2.24) is 0 Å². The molecule has 0 fully saturated rings. The summed E-state index contributed by atoms with van der Waals surface area (Å²) in [5.74, 6) is 0.199. The maximum absolute atomic E-state index is 12.2. The standard InChI is InChI=1S/C17H24O3S/c1-6-20-16(19)17(4,5)15(18)11-21-14-9-7-13(8-10-14)12(2)3/h7-10,12H,6,11H2,1-5H3. The van der Waals surface area contributed by atoms with Crippen molar-refractivity contribution in [3.05, 3.63) is 29.8 Å². The van der Waals surface area contributed by atoms with E-state index in [-0.39, 0.29) is 11.5 Å². The van der Waals surface area contributed by atoms with Crippen LogP contribution in [0.25, 0.3) is 0 Å². The van der Waals surface area contributed by atoms with Gasteiger partial charge in [-0.1, -0.05) is 26.0 Å². The summed E-state index contributed by atoms with van der Waals surface area (Å²) in [6, 6.07) is 8.19. The van der Waals surface area contributed by atoms with Crippen LogP contribution >= 0.6 is 11.8 Å². The summed E-state index contributed by atoms with van der Waals surface area (Å²) in [4.78, 5) is 25.0. The second-order valence-corrected chi connectivity index (χ2v) is 6.83. The zero-order valence-electron chi connectivity index (χ0n) is 13.4. The lowest BCUT2D eigenvalue weighted by Gasteiger charge is -2.20. The molecule has 0 atom stereocenters. The largest absolute Gasteiger partial charge is 0.465 e. The van der Waals surface area contributed by atoms with E-state index in [4.69, 9.17) is 4.74 Å². The summed E-state index contributed by atoms with van der Waals surface area (Å²) in [5.41, 5.74) is 0.193. The van der Waals surface area contributed by atoms with E-state index in [9.17, 15) is 9.59 Å². The molecule has 1 rings (SSSR count). The van der Waals surface area contributed by atoms with Gasteiger partial charge in [-0.05, 0) is 44.4 Å². The number of carbonyl (C=O) groups is 2. The summed E-state index contributed by atoms with van der Waals surface area (Å²) in [5, 5.41) is 0. The number of ether oxygens (including phenoxy) is 1. The summed E-state index contributed by atoms with van der Waals surface area (Å²) in [6.07, 6.45) is 0. The first-order chi connectivity index (χ1) is 9.78. The van der Waals surface area contributed by atoms with Crippen molar-refractivity contribution in [3.8, 4) is 0 Å². The van der Waals surface area contributed by atoms with Crippen LogP contribution in [0.4, 0.5) is 0 Å². The molecule has 0 amide bonds. The van der Waals surface area contributed by atoms with Crippen LogP contribution in [0.3, 0.4) is 0 Å².